The van der Waals surface area contributed by atoms with Gasteiger partial charge in [-0.15, -0.1) is 0 Å². The monoisotopic (exact) mass is 198 g/mol. The minimum absolute atomic E-state index is 0.154. The molecule has 0 saturated carbocycles. The number of hydrogen-bond donors (Lipinski definition) is 0. The molecule has 2 aromatic heterocycles. The summed E-state index contributed by atoms with van der Waals surface area (Å²) in [5.74, 6) is 0. The van der Waals surface area contributed by atoms with Crippen LogP contribution < -0.4 is 0 Å². The van der Waals surface area contributed by atoms with Gasteiger partial charge < -0.3 is 8.98 Å². The Bertz CT molecular complexity index is 539. The molecule has 5 nitrogen and oxygen atoms in total. The van der Waals surface area contributed by atoms with E-state index in [1.54, 1.807) is 23.2 Å². The minimum atomic E-state index is 0.154. The first-order chi connectivity index (χ1) is 7.35. The highest BCUT2D eigenvalue weighted by atomic mass is 16.3. The Kier molecular flexibility index (Phi) is 2.22. The average Bonchev–Trinajstić information content (AvgIpc) is 2.87. The zero-order chi connectivity index (χ0) is 10.7. The summed E-state index contributed by atoms with van der Waals surface area (Å²) in [6.07, 6.45) is 4.63. The first-order valence-corrected chi connectivity index (χ1v) is 4.21. The van der Waals surface area contributed by atoms with Crippen LogP contribution in [0.3, 0.4) is 0 Å². The Morgan fingerprint density at radius 3 is 2.87 bits per heavy atom. The van der Waals surface area contributed by atoms with Crippen LogP contribution in [0.4, 0.5) is 0 Å². The van der Waals surface area contributed by atoms with E-state index < -0.39 is 0 Å². The van der Waals surface area contributed by atoms with Gasteiger partial charge >= 0.3 is 0 Å². The van der Waals surface area contributed by atoms with Crippen molar-refractivity contribution in [2.75, 3.05) is 0 Å². The van der Waals surface area contributed by atoms with Crippen LogP contribution in [0.2, 0.25) is 0 Å². The summed E-state index contributed by atoms with van der Waals surface area (Å²) in [6, 6.07) is 5.62. The number of imidazole rings is 1. The number of aromatic nitrogens is 2. The van der Waals surface area contributed by atoms with Crippen LogP contribution in [0.25, 0.3) is 0 Å². The summed E-state index contributed by atoms with van der Waals surface area (Å²) in [6.45, 7) is 0.480. The quantitative estimate of drug-likeness (QED) is 0.727. The molecule has 0 aliphatic rings. The van der Waals surface area contributed by atoms with Crippen LogP contribution in [0, 0.1) is 22.7 Å². The second-order valence-electron chi connectivity index (χ2n) is 2.92. The van der Waals surface area contributed by atoms with Crippen LogP contribution in [0.5, 0.6) is 0 Å². The zero-order valence-corrected chi connectivity index (χ0v) is 7.71. The molecular formula is C10H6N4O. The van der Waals surface area contributed by atoms with Crippen molar-refractivity contribution in [3.05, 3.63) is 41.9 Å². The lowest BCUT2D eigenvalue weighted by Gasteiger charge is -1.99. The van der Waals surface area contributed by atoms with Crippen molar-refractivity contribution < 1.29 is 4.42 Å². The molecule has 0 amide bonds. The Morgan fingerprint density at radius 2 is 2.27 bits per heavy atom. The van der Waals surface area contributed by atoms with Gasteiger partial charge in [-0.25, -0.2) is 4.98 Å². The van der Waals surface area contributed by atoms with E-state index in [-0.39, 0.29) is 11.4 Å². The van der Waals surface area contributed by atoms with Crippen molar-refractivity contribution >= 4 is 0 Å². The molecule has 5 heteroatoms. The number of hydrogen-bond acceptors (Lipinski definition) is 4. The topological polar surface area (TPSA) is 78.5 Å². The van der Waals surface area contributed by atoms with Crippen LogP contribution in [0.15, 0.2) is 29.3 Å². The van der Waals surface area contributed by atoms with Crippen LogP contribution >= 0.6 is 0 Å². The first-order valence-electron chi connectivity index (χ1n) is 4.21. The molecule has 15 heavy (non-hydrogen) atoms. The van der Waals surface area contributed by atoms with E-state index >= 15 is 0 Å². The van der Waals surface area contributed by atoms with Crippen LogP contribution in [-0.4, -0.2) is 9.55 Å². The lowest BCUT2D eigenvalue weighted by atomic mass is 10.3. The third-order valence-electron chi connectivity index (χ3n) is 1.98. The lowest BCUT2D eigenvalue weighted by Crippen LogP contribution is -2.00. The predicted molar refractivity (Wildman–Crippen MR) is 49.5 cm³/mol. The molecule has 2 heterocycles. The van der Waals surface area contributed by atoms with E-state index in [2.05, 4.69) is 4.98 Å². The van der Waals surface area contributed by atoms with Crippen molar-refractivity contribution in [2.45, 2.75) is 6.54 Å². The fraction of sp³-hybridized carbons (Fsp3) is 0.100. The van der Waals surface area contributed by atoms with Crippen molar-refractivity contribution in [3.63, 3.8) is 0 Å². The summed E-state index contributed by atoms with van der Waals surface area (Å²) >= 11 is 0. The van der Waals surface area contributed by atoms with Gasteiger partial charge in [-0.05, 0) is 6.07 Å². The predicted octanol–water partition coefficient (Wildman–Crippen LogP) is 1.27. The van der Waals surface area contributed by atoms with Gasteiger partial charge in [0.2, 0.25) is 0 Å². The summed E-state index contributed by atoms with van der Waals surface area (Å²) in [7, 11) is 0. The smallest absolute Gasteiger partial charge is 0.176 e. The van der Waals surface area contributed by atoms with Gasteiger partial charge in [0.05, 0.1) is 25.4 Å². The Hall–Kier alpha value is -2.53. The van der Waals surface area contributed by atoms with Crippen molar-refractivity contribution in [1.82, 2.24) is 9.55 Å². The molecule has 0 aromatic carbocycles. The minimum Gasteiger partial charge on any atom is -0.472 e. The van der Waals surface area contributed by atoms with E-state index in [1.807, 2.05) is 12.1 Å². The molecule has 0 saturated heterocycles. The van der Waals surface area contributed by atoms with Gasteiger partial charge in [0.25, 0.3) is 0 Å². The SMILES string of the molecule is N#Cc1ncn(Cc2ccoc2)c1C#N. The van der Waals surface area contributed by atoms with Gasteiger partial charge in [0.1, 0.15) is 12.1 Å². The number of furan rings is 1. The van der Waals surface area contributed by atoms with E-state index in [1.165, 1.54) is 6.33 Å². The van der Waals surface area contributed by atoms with Gasteiger partial charge in [0.15, 0.2) is 11.4 Å². The Morgan fingerprint density at radius 1 is 1.40 bits per heavy atom. The zero-order valence-electron chi connectivity index (χ0n) is 7.71. The largest absolute Gasteiger partial charge is 0.472 e. The fourth-order valence-corrected chi connectivity index (χ4v) is 1.28. The molecule has 2 rings (SSSR count). The van der Waals surface area contributed by atoms with E-state index in [0.717, 1.165) is 5.56 Å². The second-order valence-corrected chi connectivity index (χ2v) is 2.92. The maximum atomic E-state index is 8.86. The van der Waals surface area contributed by atoms with Crippen molar-refractivity contribution in [2.24, 2.45) is 0 Å². The number of nitrogens with zero attached hydrogens (tertiary/aromatic N) is 4. The molecule has 0 fully saturated rings. The molecule has 0 N–H and O–H groups in total. The van der Waals surface area contributed by atoms with E-state index in [4.69, 9.17) is 14.9 Å². The Balaban J connectivity index is 2.35. The van der Waals surface area contributed by atoms with Gasteiger partial charge in [-0.2, -0.15) is 10.5 Å². The Labute approximate surface area is 85.8 Å². The number of rotatable bonds is 2. The number of nitriles is 2. The van der Waals surface area contributed by atoms with Crippen LogP contribution in [0.1, 0.15) is 17.0 Å². The molecule has 72 valence electrons. The molecular weight excluding hydrogens is 192 g/mol. The summed E-state index contributed by atoms with van der Waals surface area (Å²) in [4.78, 5) is 3.83. The summed E-state index contributed by atoms with van der Waals surface area (Å²) in [5, 5.41) is 17.6. The molecule has 0 aliphatic carbocycles. The third kappa shape index (κ3) is 1.59. The molecule has 0 atom stereocenters. The van der Waals surface area contributed by atoms with E-state index in [0.29, 0.717) is 6.54 Å². The average molecular weight is 198 g/mol. The third-order valence-corrected chi connectivity index (χ3v) is 1.98. The second kappa shape index (κ2) is 3.69. The molecule has 0 spiro atoms. The molecule has 2 aromatic rings. The standard InChI is InChI=1S/C10H6N4O/c11-3-9-10(4-12)14(7-13-9)5-8-1-2-15-6-8/h1-2,6-7H,5H2. The van der Waals surface area contributed by atoms with E-state index in [9.17, 15) is 0 Å². The van der Waals surface area contributed by atoms with Crippen LogP contribution in [-0.2, 0) is 6.54 Å². The molecule has 0 unspecified atom stereocenters. The maximum absolute atomic E-state index is 8.86. The maximum Gasteiger partial charge on any atom is 0.176 e. The fourth-order valence-electron chi connectivity index (χ4n) is 1.28. The molecule has 0 radical (unpaired) electrons. The van der Waals surface area contributed by atoms with Gasteiger partial charge in [-0.3, -0.25) is 0 Å². The van der Waals surface area contributed by atoms with Gasteiger partial charge in [-0.1, -0.05) is 0 Å². The highest BCUT2D eigenvalue weighted by Crippen LogP contribution is 2.09. The van der Waals surface area contributed by atoms with Crippen molar-refractivity contribution in [3.8, 4) is 12.1 Å². The normalized spacial score (nSPS) is 9.47. The summed E-state index contributed by atoms with van der Waals surface area (Å²) in [5.41, 5.74) is 1.35. The highest BCUT2D eigenvalue weighted by Gasteiger charge is 2.10. The molecule has 0 bridgehead atoms. The summed E-state index contributed by atoms with van der Waals surface area (Å²) < 4.78 is 6.53. The molecule has 0 aliphatic heterocycles. The highest BCUT2D eigenvalue weighted by molar-refractivity contribution is 5.36. The first kappa shape index (κ1) is 9.04. The van der Waals surface area contributed by atoms with Gasteiger partial charge in [0, 0.05) is 5.56 Å². The lowest BCUT2D eigenvalue weighted by molar-refractivity contribution is 0.562. The van der Waals surface area contributed by atoms with Crippen molar-refractivity contribution in [1.29, 1.82) is 10.5 Å².